The Bertz CT molecular complexity index is 391. The van der Waals surface area contributed by atoms with E-state index in [2.05, 4.69) is 24.0 Å². The molecule has 1 saturated heterocycles. The van der Waals surface area contributed by atoms with Crippen molar-refractivity contribution in [2.75, 3.05) is 13.1 Å². The first-order valence-corrected chi connectivity index (χ1v) is 6.21. The Kier molecular flexibility index (Phi) is 2.69. The second kappa shape index (κ2) is 4.18. The van der Waals surface area contributed by atoms with Gasteiger partial charge in [-0.05, 0) is 37.9 Å². The lowest BCUT2D eigenvalue weighted by Gasteiger charge is -2.23. The van der Waals surface area contributed by atoms with Gasteiger partial charge in [0.1, 0.15) is 0 Å². The third-order valence-electron chi connectivity index (χ3n) is 3.23. The van der Waals surface area contributed by atoms with E-state index >= 15 is 0 Å². The minimum absolute atomic E-state index is 0.446. The molecule has 0 saturated carbocycles. The Morgan fingerprint density at radius 1 is 1.19 bits per heavy atom. The summed E-state index contributed by atoms with van der Waals surface area (Å²) in [5.74, 6) is 2.31. The summed E-state index contributed by atoms with van der Waals surface area (Å²) in [4.78, 5) is 0. The van der Waals surface area contributed by atoms with Crippen molar-refractivity contribution in [2.24, 2.45) is 0 Å². The van der Waals surface area contributed by atoms with E-state index in [4.69, 9.17) is 9.47 Å². The Labute approximate surface area is 101 Å². The normalized spacial score (nSPS) is 24.7. The van der Waals surface area contributed by atoms with Crippen molar-refractivity contribution in [3.8, 4) is 11.5 Å². The third kappa shape index (κ3) is 1.76. The van der Waals surface area contributed by atoms with Crippen LogP contribution >= 0.6 is 12.6 Å². The summed E-state index contributed by atoms with van der Waals surface area (Å²) >= 11 is 4.19. The smallest absolute Gasteiger partial charge is 0.288 e. The second-order valence-electron chi connectivity index (χ2n) is 4.24. The molecule has 2 aliphatic rings. The zero-order chi connectivity index (χ0) is 11.0. The highest BCUT2D eigenvalue weighted by atomic mass is 32.1. The fourth-order valence-electron chi connectivity index (χ4n) is 2.44. The van der Waals surface area contributed by atoms with E-state index in [-0.39, 0.29) is 0 Å². The van der Waals surface area contributed by atoms with Crippen LogP contribution in [0.3, 0.4) is 0 Å². The number of hydrogen-bond donors (Lipinski definition) is 2. The molecule has 1 aromatic rings. The molecule has 0 aromatic heterocycles. The largest absolute Gasteiger partial charge is 0.442 e. The Balaban J connectivity index is 1.92. The highest BCUT2D eigenvalue weighted by molar-refractivity contribution is 7.80. The number of rotatable bonds is 1. The van der Waals surface area contributed by atoms with Crippen LogP contribution in [0, 0.1) is 0 Å². The highest BCUT2D eigenvalue weighted by Gasteiger charge is 2.27. The summed E-state index contributed by atoms with van der Waals surface area (Å²) in [7, 11) is 0. The van der Waals surface area contributed by atoms with Crippen molar-refractivity contribution in [1.29, 1.82) is 0 Å². The average Bonchev–Trinajstić information content (AvgIpc) is 2.70. The van der Waals surface area contributed by atoms with Gasteiger partial charge in [-0.1, -0.05) is 24.8 Å². The molecule has 3 nitrogen and oxygen atoms in total. The van der Waals surface area contributed by atoms with Gasteiger partial charge in [0.15, 0.2) is 11.5 Å². The number of piperidine rings is 1. The lowest BCUT2D eigenvalue weighted by molar-refractivity contribution is 0.137. The maximum absolute atomic E-state index is 5.61. The van der Waals surface area contributed by atoms with Crippen LogP contribution in [0.2, 0.25) is 0 Å². The van der Waals surface area contributed by atoms with E-state index in [1.807, 2.05) is 12.1 Å². The summed E-state index contributed by atoms with van der Waals surface area (Å²) < 4.78 is 11.1. The summed E-state index contributed by atoms with van der Waals surface area (Å²) in [5.41, 5.74) is 0.827. The van der Waals surface area contributed by atoms with E-state index in [0.717, 1.165) is 37.4 Å². The molecule has 1 aromatic carbocycles. The van der Waals surface area contributed by atoms with Crippen molar-refractivity contribution in [2.45, 2.75) is 24.4 Å². The fraction of sp³-hybridized carbons (Fsp3) is 0.500. The number of fused-ring (bicyclic) bond motifs is 1. The molecule has 0 bridgehead atoms. The second-order valence-corrected chi connectivity index (χ2v) is 4.66. The van der Waals surface area contributed by atoms with E-state index in [0.29, 0.717) is 5.92 Å². The van der Waals surface area contributed by atoms with Gasteiger partial charge in [0, 0.05) is 5.56 Å². The van der Waals surface area contributed by atoms with Crippen LogP contribution < -0.4 is 14.8 Å². The zero-order valence-corrected chi connectivity index (χ0v) is 9.87. The van der Waals surface area contributed by atoms with Gasteiger partial charge in [-0.15, -0.1) is 0 Å². The van der Waals surface area contributed by atoms with Gasteiger partial charge in [-0.3, -0.25) is 0 Å². The molecule has 0 aliphatic carbocycles. The van der Waals surface area contributed by atoms with Crippen molar-refractivity contribution in [1.82, 2.24) is 5.32 Å². The van der Waals surface area contributed by atoms with Crippen molar-refractivity contribution in [3.05, 3.63) is 23.8 Å². The van der Waals surface area contributed by atoms with Crippen LogP contribution in [0.15, 0.2) is 18.2 Å². The standard InChI is InChI=1S/C12H15NO2S/c16-12-14-10-3-1-2-9(11(10)15-12)8-4-6-13-7-5-8/h1-3,8,12-13,16H,4-7H2. The third-order valence-corrected chi connectivity index (χ3v) is 3.45. The highest BCUT2D eigenvalue weighted by Crippen LogP contribution is 2.43. The monoisotopic (exact) mass is 237 g/mol. The Morgan fingerprint density at radius 2 is 2.00 bits per heavy atom. The van der Waals surface area contributed by atoms with Gasteiger partial charge in [-0.25, -0.2) is 0 Å². The van der Waals surface area contributed by atoms with Crippen LogP contribution in [0.4, 0.5) is 0 Å². The first-order chi connectivity index (χ1) is 7.84. The minimum atomic E-state index is -0.446. The van der Waals surface area contributed by atoms with Crippen LogP contribution in [0.25, 0.3) is 0 Å². The Hall–Kier alpha value is -0.870. The van der Waals surface area contributed by atoms with Crippen LogP contribution in [0.5, 0.6) is 11.5 Å². The number of para-hydroxylation sites is 1. The molecule has 3 rings (SSSR count). The number of nitrogens with one attached hydrogen (secondary N) is 1. The van der Waals surface area contributed by atoms with Crippen molar-refractivity contribution < 1.29 is 9.47 Å². The molecule has 16 heavy (non-hydrogen) atoms. The minimum Gasteiger partial charge on any atom is -0.442 e. The van der Waals surface area contributed by atoms with Gasteiger partial charge in [0.05, 0.1) is 0 Å². The molecule has 1 N–H and O–H groups in total. The molecule has 2 aliphatic heterocycles. The van der Waals surface area contributed by atoms with Gasteiger partial charge < -0.3 is 14.8 Å². The van der Waals surface area contributed by atoms with Crippen molar-refractivity contribution in [3.63, 3.8) is 0 Å². The van der Waals surface area contributed by atoms with Crippen LogP contribution in [-0.4, -0.2) is 18.7 Å². The SMILES string of the molecule is SC1Oc2cccc(C3CCNCC3)c2O1. The van der Waals surface area contributed by atoms with Gasteiger partial charge in [0.25, 0.3) is 5.62 Å². The molecule has 0 radical (unpaired) electrons. The summed E-state index contributed by atoms with van der Waals surface area (Å²) in [6.07, 6.45) is 2.33. The first kappa shape index (κ1) is 10.3. The molecule has 1 unspecified atom stereocenters. The van der Waals surface area contributed by atoms with E-state index in [1.54, 1.807) is 0 Å². The first-order valence-electron chi connectivity index (χ1n) is 5.69. The average molecular weight is 237 g/mol. The van der Waals surface area contributed by atoms with Gasteiger partial charge in [0.2, 0.25) is 0 Å². The van der Waals surface area contributed by atoms with E-state index in [1.165, 1.54) is 5.56 Å². The lowest BCUT2D eigenvalue weighted by atomic mass is 9.89. The van der Waals surface area contributed by atoms with E-state index in [9.17, 15) is 0 Å². The zero-order valence-electron chi connectivity index (χ0n) is 8.98. The van der Waals surface area contributed by atoms with E-state index < -0.39 is 5.62 Å². The Morgan fingerprint density at radius 3 is 2.81 bits per heavy atom. The molecular formula is C12H15NO2S. The molecule has 0 spiro atoms. The predicted molar refractivity (Wildman–Crippen MR) is 65.3 cm³/mol. The number of benzene rings is 1. The quantitative estimate of drug-likeness (QED) is 0.734. The molecule has 2 heterocycles. The summed E-state index contributed by atoms with van der Waals surface area (Å²) in [6, 6.07) is 6.12. The number of hydrogen-bond acceptors (Lipinski definition) is 4. The summed E-state index contributed by atoms with van der Waals surface area (Å²) in [5, 5.41) is 3.37. The van der Waals surface area contributed by atoms with Gasteiger partial charge in [-0.2, -0.15) is 0 Å². The molecule has 1 fully saturated rings. The number of ether oxygens (including phenoxy) is 2. The molecule has 1 atom stereocenters. The van der Waals surface area contributed by atoms with Crippen LogP contribution in [-0.2, 0) is 0 Å². The number of thiol groups is 1. The van der Waals surface area contributed by atoms with Crippen LogP contribution in [0.1, 0.15) is 24.3 Å². The predicted octanol–water partition coefficient (Wildman–Crippen LogP) is 2.14. The topological polar surface area (TPSA) is 30.5 Å². The molecule has 0 amide bonds. The molecule has 4 heteroatoms. The fourth-order valence-corrected chi connectivity index (χ4v) is 2.66. The van der Waals surface area contributed by atoms with Crippen molar-refractivity contribution >= 4 is 12.6 Å². The van der Waals surface area contributed by atoms with Gasteiger partial charge >= 0.3 is 0 Å². The molecular weight excluding hydrogens is 222 g/mol. The lowest BCUT2D eigenvalue weighted by Crippen LogP contribution is -2.26. The maximum atomic E-state index is 5.61. The molecule has 86 valence electrons. The summed E-state index contributed by atoms with van der Waals surface area (Å²) in [6.45, 7) is 2.17. The maximum Gasteiger partial charge on any atom is 0.288 e.